The minimum atomic E-state index is -0.126. The molecule has 2 heterocycles. The third kappa shape index (κ3) is 3.14. The van der Waals surface area contributed by atoms with Crippen LogP contribution in [0.5, 0.6) is 0 Å². The molecule has 1 amide bonds. The molecule has 4 nitrogen and oxygen atoms in total. The Balaban J connectivity index is 1.66. The zero-order valence-corrected chi connectivity index (χ0v) is 13.1. The smallest absolute Gasteiger partial charge is 0.240 e. The maximum atomic E-state index is 12.6. The van der Waals surface area contributed by atoms with Crippen LogP contribution in [-0.2, 0) is 24.3 Å². The van der Waals surface area contributed by atoms with E-state index >= 15 is 0 Å². The van der Waals surface area contributed by atoms with Crippen molar-refractivity contribution in [3.05, 3.63) is 51.5 Å². The number of aromatic nitrogens is 1. The number of nitrogens with zero attached hydrogens (tertiary/aromatic N) is 2. The zero-order valence-electron chi connectivity index (χ0n) is 12.3. The van der Waals surface area contributed by atoms with Crippen LogP contribution in [0.3, 0.4) is 0 Å². The van der Waals surface area contributed by atoms with E-state index in [9.17, 15) is 4.79 Å². The number of carbonyl (C=O) groups excluding carboxylic acids is 1. The third-order valence-corrected chi connectivity index (χ3v) is 4.72. The van der Waals surface area contributed by atoms with Crippen molar-refractivity contribution in [1.29, 1.82) is 0 Å². The summed E-state index contributed by atoms with van der Waals surface area (Å²) in [6.45, 7) is 3.37. The van der Waals surface area contributed by atoms with Crippen LogP contribution < -0.4 is 5.32 Å². The molecule has 110 valence electrons. The lowest BCUT2D eigenvalue weighted by molar-refractivity contribution is -0.132. The summed E-state index contributed by atoms with van der Waals surface area (Å²) in [7, 11) is 1.86. The lowest BCUT2D eigenvalue weighted by Crippen LogP contribution is -2.47. The SMILES string of the molecule is Cc1ncc(CN(C)C(=O)[C@H]2Cc3ccccc3CN2)s1. The quantitative estimate of drug-likeness (QED) is 0.944. The van der Waals surface area contributed by atoms with Gasteiger partial charge in [-0.3, -0.25) is 4.79 Å². The summed E-state index contributed by atoms with van der Waals surface area (Å²) < 4.78 is 0. The number of aryl methyl sites for hydroxylation is 1. The maximum absolute atomic E-state index is 12.6. The monoisotopic (exact) mass is 301 g/mol. The van der Waals surface area contributed by atoms with Crippen LogP contribution in [0.4, 0.5) is 0 Å². The van der Waals surface area contributed by atoms with Gasteiger partial charge in [0, 0.05) is 24.7 Å². The lowest BCUT2D eigenvalue weighted by atomic mass is 9.95. The minimum Gasteiger partial charge on any atom is -0.339 e. The van der Waals surface area contributed by atoms with Crippen molar-refractivity contribution in [3.8, 4) is 0 Å². The first kappa shape index (κ1) is 14.2. The van der Waals surface area contributed by atoms with E-state index in [2.05, 4.69) is 22.4 Å². The molecule has 3 rings (SSSR count). The van der Waals surface area contributed by atoms with Gasteiger partial charge in [-0.05, 0) is 24.5 Å². The normalized spacial score (nSPS) is 17.3. The number of rotatable bonds is 3. The molecular weight excluding hydrogens is 282 g/mol. The predicted octanol–water partition coefficient (Wildman–Crippen LogP) is 2.12. The van der Waals surface area contributed by atoms with Crippen molar-refractivity contribution in [3.63, 3.8) is 0 Å². The van der Waals surface area contributed by atoms with Crippen LogP contribution >= 0.6 is 11.3 Å². The standard InChI is InChI=1S/C16H19N3OS/c1-11-17-9-14(21-11)10-19(2)16(20)15-7-12-5-3-4-6-13(12)8-18-15/h3-6,9,15,18H,7-8,10H2,1-2H3/t15-/m1/s1. The van der Waals surface area contributed by atoms with Crippen molar-refractivity contribution in [1.82, 2.24) is 15.2 Å². The molecule has 2 aromatic rings. The number of nitrogens with one attached hydrogen (secondary N) is 1. The Bertz CT molecular complexity index is 652. The molecule has 0 saturated carbocycles. The van der Waals surface area contributed by atoms with Gasteiger partial charge in [-0.15, -0.1) is 11.3 Å². The highest BCUT2D eigenvalue weighted by molar-refractivity contribution is 7.11. The van der Waals surface area contributed by atoms with Crippen LogP contribution in [0.2, 0.25) is 0 Å². The number of benzene rings is 1. The Kier molecular flexibility index (Phi) is 4.03. The Morgan fingerprint density at radius 2 is 2.19 bits per heavy atom. The molecular formula is C16H19N3OS. The number of amides is 1. The first-order valence-corrected chi connectivity index (χ1v) is 7.91. The molecule has 21 heavy (non-hydrogen) atoms. The average molecular weight is 301 g/mol. The molecule has 1 aliphatic heterocycles. The minimum absolute atomic E-state index is 0.126. The van der Waals surface area contributed by atoms with Crippen LogP contribution in [-0.4, -0.2) is 28.9 Å². The Morgan fingerprint density at radius 3 is 2.90 bits per heavy atom. The molecule has 0 spiro atoms. The first-order chi connectivity index (χ1) is 10.1. The van der Waals surface area contributed by atoms with E-state index in [1.54, 1.807) is 16.2 Å². The van der Waals surface area contributed by atoms with Gasteiger partial charge in [0.05, 0.1) is 17.6 Å². The van der Waals surface area contributed by atoms with E-state index in [0.717, 1.165) is 22.9 Å². The second-order valence-corrected chi connectivity index (χ2v) is 6.77. The van der Waals surface area contributed by atoms with E-state index in [-0.39, 0.29) is 11.9 Å². The zero-order chi connectivity index (χ0) is 14.8. The summed E-state index contributed by atoms with van der Waals surface area (Å²) in [5.41, 5.74) is 2.57. The molecule has 0 aliphatic carbocycles. The van der Waals surface area contributed by atoms with Crippen molar-refractivity contribution < 1.29 is 4.79 Å². The van der Waals surface area contributed by atoms with Gasteiger partial charge < -0.3 is 10.2 Å². The predicted molar refractivity (Wildman–Crippen MR) is 84.1 cm³/mol. The molecule has 1 aromatic heterocycles. The van der Waals surface area contributed by atoms with Gasteiger partial charge in [0.1, 0.15) is 0 Å². The number of thiazole rings is 1. The highest BCUT2D eigenvalue weighted by Gasteiger charge is 2.26. The van der Waals surface area contributed by atoms with Crippen LogP contribution in [0.15, 0.2) is 30.5 Å². The molecule has 0 saturated heterocycles. The second-order valence-electron chi connectivity index (χ2n) is 5.45. The Hall–Kier alpha value is -1.72. The lowest BCUT2D eigenvalue weighted by Gasteiger charge is -2.28. The molecule has 0 fully saturated rings. The summed E-state index contributed by atoms with van der Waals surface area (Å²) in [6, 6.07) is 8.19. The van der Waals surface area contributed by atoms with Gasteiger partial charge in [-0.2, -0.15) is 0 Å². The van der Waals surface area contributed by atoms with E-state index in [4.69, 9.17) is 0 Å². The van der Waals surface area contributed by atoms with E-state index in [1.807, 2.05) is 32.3 Å². The molecule has 1 aromatic carbocycles. The fourth-order valence-electron chi connectivity index (χ4n) is 2.69. The van der Waals surface area contributed by atoms with Gasteiger partial charge in [-0.1, -0.05) is 24.3 Å². The van der Waals surface area contributed by atoms with Gasteiger partial charge in [0.2, 0.25) is 5.91 Å². The van der Waals surface area contributed by atoms with Crippen molar-refractivity contribution >= 4 is 17.2 Å². The topological polar surface area (TPSA) is 45.2 Å². The van der Waals surface area contributed by atoms with E-state index in [1.165, 1.54) is 11.1 Å². The van der Waals surface area contributed by atoms with Gasteiger partial charge in [0.15, 0.2) is 0 Å². The van der Waals surface area contributed by atoms with Crippen molar-refractivity contribution in [2.45, 2.75) is 32.5 Å². The Morgan fingerprint density at radius 1 is 1.43 bits per heavy atom. The summed E-state index contributed by atoms with van der Waals surface area (Å²) in [4.78, 5) is 19.7. The largest absolute Gasteiger partial charge is 0.339 e. The molecule has 0 bridgehead atoms. The molecule has 0 radical (unpaired) electrons. The van der Waals surface area contributed by atoms with Gasteiger partial charge in [-0.25, -0.2) is 4.98 Å². The number of hydrogen-bond donors (Lipinski definition) is 1. The fraction of sp³-hybridized carbons (Fsp3) is 0.375. The highest BCUT2D eigenvalue weighted by atomic mass is 32.1. The summed E-state index contributed by atoms with van der Waals surface area (Å²) in [5, 5.41) is 4.38. The van der Waals surface area contributed by atoms with E-state index in [0.29, 0.717) is 6.54 Å². The molecule has 1 N–H and O–H groups in total. The second kappa shape index (κ2) is 5.95. The number of likely N-dealkylation sites (N-methyl/N-ethyl adjacent to an activating group) is 1. The van der Waals surface area contributed by atoms with Crippen LogP contribution in [0, 0.1) is 6.92 Å². The van der Waals surface area contributed by atoms with Crippen LogP contribution in [0.1, 0.15) is 21.0 Å². The molecule has 1 aliphatic rings. The van der Waals surface area contributed by atoms with E-state index < -0.39 is 0 Å². The highest BCUT2D eigenvalue weighted by Crippen LogP contribution is 2.19. The molecule has 1 atom stereocenters. The first-order valence-electron chi connectivity index (χ1n) is 7.10. The third-order valence-electron chi connectivity index (χ3n) is 3.82. The fourth-order valence-corrected chi connectivity index (χ4v) is 3.53. The van der Waals surface area contributed by atoms with Crippen molar-refractivity contribution in [2.24, 2.45) is 0 Å². The van der Waals surface area contributed by atoms with Crippen molar-refractivity contribution in [2.75, 3.05) is 7.05 Å². The Labute approximate surface area is 128 Å². The number of hydrogen-bond acceptors (Lipinski definition) is 4. The molecule has 5 heteroatoms. The number of fused-ring (bicyclic) bond motifs is 1. The summed E-state index contributed by atoms with van der Waals surface area (Å²) >= 11 is 1.64. The summed E-state index contributed by atoms with van der Waals surface area (Å²) in [6.07, 6.45) is 2.62. The average Bonchev–Trinajstić information content (AvgIpc) is 2.91. The van der Waals surface area contributed by atoms with Gasteiger partial charge in [0.25, 0.3) is 0 Å². The maximum Gasteiger partial charge on any atom is 0.240 e. The summed E-state index contributed by atoms with van der Waals surface area (Å²) in [5.74, 6) is 0.149. The van der Waals surface area contributed by atoms with Gasteiger partial charge >= 0.3 is 0 Å². The molecule has 0 unspecified atom stereocenters. The number of carbonyl (C=O) groups is 1. The van der Waals surface area contributed by atoms with Crippen LogP contribution in [0.25, 0.3) is 0 Å².